The summed E-state index contributed by atoms with van der Waals surface area (Å²) in [6, 6.07) is 9.73. The summed E-state index contributed by atoms with van der Waals surface area (Å²) in [4.78, 5) is 16.3. The van der Waals surface area contributed by atoms with Gasteiger partial charge in [0.05, 0.1) is 5.56 Å². The van der Waals surface area contributed by atoms with Crippen LogP contribution in [0.5, 0.6) is 5.88 Å². The summed E-state index contributed by atoms with van der Waals surface area (Å²) in [6.45, 7) is 0.488. The standard InChI is InChI=1S/C18H19FN2O2S/c19-15-4-1-13(2-5-15)7-9-20-18(22)14-3-6-17(21-11-14)23-16-8-10-24-12-16/h1-6,11,16H,7-10,12H2,(H,20,22). The lowest BCUT2D eigenvalue weighted by Crippen LogP contribution is -2.25. The molecule has 1 aromatic heterocycles. The Labute approximate surface area is 144 Å². The van der Waals surface area contributed by atoms with Gasteiger partial charge in [-0.15, -0.1) is 0 Å². The third-order valence-corrected chi connectivity index (χ3v) is 4.92. The van der Waals surface area contributed by atoms with E-state index in [9.17, 15) is 9.18 Å². The number of hydrogen-bond donors (Lipinski definition) is 1. The largest absolute Gasteiger partial charge is 0.473 e. The number of amides is 1. The molecule has 1 atom stereocenters. The number of halogens is 1. The van der Waals surface area contributed by atoms with Crippen LogP contribution < -0.4 is 10.1 Å². The number of carbonyl (C=O) groups excluding carboxylic acids is 1. The summed E-state index contributed by atoms with van der Waals surface area (Å²) in [7, 11) is 0. The van der Waals surface area contributed by atoms with Gasteiger partial charge in [0, 0.05) is 24.6 Å². The van der Waals surface area contributed by atoms with Gasteiger partial charge in [0.1, 0.15) is 11.9 Å². The number of nitrogens with zero attached hydrogens (tertiary/aromatic N) is 1. The Hall–Kier alpha value is -2.08. The van der Waals surface area contributed by atoms with E-state index in [1.807, 2.05) is 11.8 Å². The lowest BCUT2D eigenvalue weighted by molar-refractivity contribution is 0.0953. The average Bonchev–Trinajstić information content (AvgIpc) is 3.10. The highest BCUT2D eigenvalue weighted by Crippen LogP contribution is 2.21. The zero-order valence-electron chi connectivity index (χ0n) is 13.2. The highest BCUT2D eigenvalue weighted by Gasteiger charge is 2.17. The minimum absolute atomic E-state index is 0.174. The van der Waals surface area contributed by atoms with E-state index in [1.54, 1.807) is 24.3 Å². The van der Waals surface area contributed by atoms with Crippen LogP contribution in [0.3, 0.4) is 0 Å². The second-order valence-electron chi connectivity index (χ2n) is 5.62. The molecule has 1 N–H and O–H groups in total. The Bertz CT molecular complexity index is 670. The SMILES string of the molecule is O=C(NCCc1ccc(F)cc1)c1ccc(OC2CCSC2)nc1. The molecule has 1 aliphatic heterocycles. The first kappa shape index (κ1) is 16.8. The summed E-state index contributed by atoms with van der Waals surface area (Å²) in [6.07, 6.45) is 3.45. The van der Waals surface area contributed by atoms with Crippen molar-refractivity contribution < 1.29 is 13.9 Å². The first-order valence-corrected chi connectivity index (χ1v) is 9.09. The molecule has 1 aromatic carbocycles. The molecule has 0 radical (unpaired) electrons. The molecular weight excluding hydrogens is 327 g/mol. The van der Waals surface area contributed by atoms with Crippen LogP contribution in [0, 0.1) is 5.82 Å². The molecule has 0 bridgehead atoms. The van der Waals surface area contributed by atoms with Crippen molar-refractivity contribution in [3.05, 3.63) is 59.5 Å². The highest BCUT2D eigenvalue weighted by atomic mass is 32.2. The molecule has 0 saturated carbocycles. The fourth-order valence-electron chi connectivity index (χ4n) is 2.43. The van der Waals surface area contributed by atoms with E-state index in [2.05, 4.69) is 10.3 Å². The normalized spacial score (nSPS) is 16.8. The van der Waals surface area contributed by atoms with E-state index < -0.39 is 0 Å². The molecule has 4 nitrogen and oxygen atoms in total. The second-order valence-corrected chi connectivity index (χ2v) is 6.77. The molecule has 1 fully saturated rings. The number of hydrogen-bond acceptors (Lipinski definition) is 4. The topological polar surface area (TPSA) is 51.2 Å². The predicted molar refractivity (Wildman–Crippen MR) is 93.0 cm³/mol. The van der Waals surface area contributed by atoms with Crippen molar-refractivity contribution >= 4 is 17.7 Å². The van der Waals surface area contributed by atoms with Gasteiger partial charge in [0.25, 0.3) is 5.91 Å². The fraction of sp³-hybridized carbons (Fsp3) is 0.333. The number of pyridine rings is 1. The molecule has 2 heterocycles. The zero-order valence-corrected chi connectivity index (χ0v) is 14.0. The van der Waals surface area contributed by atoms with Crippen LogP contribution in [0.15, 0.2) is 42.6 Å². The number of aromatic nitrogens is 1. The third kappa shape index (κ3) is 4.71. The summed E-state index contributed by atoms with van der Waals surface area (Å²) in [5.41, 5.74) is 1.48. The molecule has 6 heteroatoms. The van der Waals surface area contributed by atoms with Crippen molar-refractivity contribution in [2.75, 3.05) is 18.1 Å². The van der Waals surface area contributed by atoms with E-state index in [1.165, 1.54) is 18.3 Å². The molecule has 1 amide bonds. The molecule has 0 spiro atoms. The van der Waals surface area contributed by atoms with Gasteiger partial charge in [-0.3, -0.25) is 4.79 Å². The minimum atomic E-state index is -0.257. The van der Waals surface area contributed by atoms with Crippen molar-refractivity contribution in [1.82, 2.24) is 10.3 Å². The molecule has 3 rings (SSSR count). The average molecular weight is 346 g/mol. The van der Waals surface area contributed by atoms with Gasteiger partial charge < -0.3 is 10.1 Å². The van der Waals surface area contributed by atoms with Gasteiger partial charge in [0.15, 0.2) is 0 Å². The number of carbonyl (C=O) groups is 1. The maximum absolute atomic E-state index is 12.8. The number of nitrogens with one attached hydrogen (secondary N) is 1. The second kappa shape index (κ2) is 8.15. The van der Waals surface area contributed by atoms with Crippen LogP contribution in [-0.4, -0.2) is 35.0 Å². The first-order chi connectivity index (χ1) is 11.7. The van der Waals surface area contributed by atoms with Gasteiger partial charge in [-0.25, -0.2) is 9.37 Å². The van der Waals surface area contributed by atoms with Crippen LogP contribution in [0.4, 0.5) is 4.39 Å². The van der Waals surface area contributed by atoms with Crippen molar-refractivity contribution in [1.29, 1.82) is 0 Å². The highest BCUT2D eigenvalue weighted by molar-refractivity contribution is 7.99. The maximum atomic E-state index is 12.8. The van der Waals surface area contributed by atoms with Gasteiger partial charge in [-0.2, -0.15) is 11.8 Å². The van der Waals surface area contributed by atoms with Gasteiger partial charge in [-0.1, -0.05) is 12.1 Å². The fourth-order valence-corrected chi connectivity index (χ4v) is 3.53. The quantitative estimate of drug-likeness (QED) is 0.873. The monoisotopic (exact) mass is 346 g/mol. The molecule has 1 saturated heterocycles. The van der Waals surface area contributed by atoms with Crippen LogP contribution in [-0.2, 0) is 6.42 Å². The Morgan fingerprint density at radius 1 is 1.29 bits per heavy atom. The predicted octanol–water partition coefficient (Wildman–Crippen LogP) is 3.08. The number of ether oxygens (including phenoxy) is 1. The summed E-state index contributed by atoms with van der Waals surface area (Å²) >= 11 is 1.88. The van der Waals surface area contributed by atoms with Gasteiger partial charge in [-0.05, 0) is 42.4 Å². The number of benzene rings is 1. The van der Waals surface area contributed by atoms with E-state index in [-0.39, 0.29) is 17.8 Å². The summed E-state index contributed by atoms with van der Waals surface area (Å²) in [5.74, 6) is 2.25. The first-order valence-electron chi connectivity index (χ1n) is 7.94. The molecule has 0 aliphatic carbocycles. The van der Waals surface area contributed by atoms with Gasteiger partial charge in [0.2, 0.25) is 5.88 Å². The Kier molecular flexibility index (Phi) is 5.69. The van der Waals surface area contributed by atoms with E-state index in [0.29, 0.717) is 24.4 Å². The molecule has 1 aliphatic rings. The van der Waals surface area contributed by atoms with Gasteiger partial charge >= 0.3 is 0 Å². The lowest BCUT2D eigenvalue weighted by Gasteiger charge is -2.11. The van der Waals surface area contributed by atoms with E-state index in [4.69, 9.17) is 4.74 Å². The molecular formula is C18H19FN2O2S. The maximum Gasteiger partial charge on any atom is 0.252 e. The Balaban J connectivity index is 1.46. The Morgan fingerprint density at radius 2 is 2.12 bits per heavy atom. The summed E-state index contributed by atoms with van der Waals surface area (Å²) < 4.78 is 18.6. The van der Waals surface area contributed by atoms with Crippen molar-refractivity contribution in [2.45, 2.75) is 18.9 Å². The van der Waals surface area contributed by atoms with Crippen molar-refractivity contribution in [2.24, 2.45) is 0 Å². The van der Waals surface area contributed by atoms with Crippen LogP contribution in [0.25, 0.3) is 0 Å². The number of thioether (sulfide) groups is 1. The Morgan fingerprint density at radius 3 is 2.79 bits per heavy atom. The molecule has 2 aromatic rings. The van der Waals surface area contributed by atoms with Crippen LogP contribution in [0.2, 0.25) is 0 Å². The summed E-state index contributed by atoms with van der Waals surface area (Å²) in [5, 5.41) is 2.84. The lowest BCUT2D eigenvalue weighted by atomic mass is 10.1. The molecule has 24 heavy (non-hydrogen) atoms. The van der Waals surface area contributed by atoms with Crippen molar-refractivity contribution in [3.63, 3.8) is 0 Å². The van der Waals surface area contributed by atoms with Crippen molar-refractivity contribution in [3.8, 4) is 5.88 Å². The van der Waals surface area contributed by atoms with E-state index in [0.717, 1.165) is 23.5 Å². The molecule has 126 valence electrons. The third-order valence-electron chi connectivity index (χ3n) is 3.79. The zero-order chi connectivity index (χ0) is 16.8. The number of rotatable bonds is 6. The minimum Gasteiger partial charge on any atom is -0.473 e. The van der Waals surface area contributed by atoms with Crippen LogP contribution in [0.1, 0.15) is 22.3 Å². The van der Waals surface area contributed by atoms with E-state index >= 15 is 0 Å². The molecule has 1 unspecified atom stereocenters. The van der Waals surface area contributed by atoms with Crippen LogP contribution >= 0.6 is 11.8 Å². The smallest absolute Gasteiger partial charge is 0.252 e.